The van der Waals surface area contributed by atoms with E-state index >= 15 is 0 Å². The van der Waals surface area contributed by atoms with E-state index in [0.717, 1.165) is 23.9 Å². The zero-order valence-corrected chi connectivity index (χ0v) is 10.7. The number of hydrogen-bond donors (Lipinski definition) is 1. The maximum absolute atomic E-state index is 9.41. The number of pyridine rings is 1. The van der Waals surface area contributed by atoms with Crippen LogP contribution < -0.4 is 0 Å². The lowest BCUT2D eigenvalue weighted by atomic mass is 10.2. The van der Waals surface area contributed by atoms with Gasteiger partial charge >= 0.3 is 0 Å². The highest BCUT2D eigenvalue weighted by Crippen LogP contribution is 2.21. The molecule has 1 aromatic carbocycles. The van der Waals surface area contributed by atoms with E-state index in [4.69, 9.17) is 0 Å². The van der Waals surface area contributed by atoms with Crippen molar-refractivity contribution >= 4 is 10.9 Å². The molecule has 3 rings (SSSR count). The van der Waals surface area contributed by atoms with Crippen LogP contribution in [0.3, 0.4) is 0 Å². The van der Waals surface area contributed by atoms with Crippen molar-refractivity contribution in [1.29, 1.82) is 0 Å². The Balaban J connectivity index is 1.89. The minimum Gasteiger partial charge on any atom is -0.392 e. The summed E-state index contributed by atoms with van der Waals surface area (Å²) < 4.78 is 2.20. The Labute approximate surface area is 112 Å². The van der Waals surface area contributed by atoms with E-state index in [1.54, 1.807) is 6.20 Å². The number of para-hydroxylation sites is 1. The van der Waals surface area contributed by atoms with Gasteiger partial charge in [-0.15, -0.1) is 0 Å². The van der Waals surface area contributed by atoms with Crippen LogP contribution >= 0.6 is 0 Å². The first-order valence-electron chi connectivity index (χ1n) is 6.45. The fourth-order valence-corrected chi connectivity index (χ4v) is 2.43. The van der Waals surface area contributed by atoms with Crippen LogP contribution in [0.25, 0.3) is 10.9 Å². The van der Waals surface area contributed by atoms with Gasteiger partial charge in [-0.1, -0.05) is 24.3 Å². The highest BCUT2D eigenvalue weighted by Gasteiger charge is 2.06. The third-order valence-electron chi connectivity index (χ3n) is 3.41. The number of nitrogens with zero attached hydrogens (tertiary/aromatic N) is 2. The lowest BCUT2D eigenvalue weighted by Crippen LogP contribution is -2.00. The van der Waals surface area contributed by atoms with Crippen molar-refractivity contribution in [1.82, 2.24) is 9.55 Å². The molecule has 0 amide bonds. The van der Waals surface area contributed by atoms with Gasteiger partial charge in [0, 0.05) is 41.6 Å². The van der Waals surface area contributed by atoms with E-state index in [9.17, 15) is 5.11 Å². The van der Waals surface area contributed by atoms with Crippen molar-refractivity contribution in [3.05, 3.63) is 66.1 Å². The van der Waals surface area contributed by atoms with Crippen LogP contribution in [0.1, 0.15) is 11.1 Å². The second-order valence-corrected chi connectivity index (χ2v) is 4.63. The van der Waals surface area contributed by atoms with E-state index in [1.807, 2.05) is 30.6 Å². The van der Waals surface area contributed by atoms with Crippen molar-refractivity contribution in [2.24, 2.45) is 0 Å². The molecule has 0 aliphatic rings. The van der Waals surface area contributed by atoms with E-state index in [0.29, 0.717) is 0 Å². The van der Waals surface area contributed by atoms with Gasteiger partial charge in [0.25, 0.3) is 0 Å². The van der Waals surface area contributed by atoms with Crippen LogP contribution in [-0.4, -0.2) is 14.7 Å². The first kappa shape index (κ1) is 11.9. The number of aliphatic hydroxyl groups excluding tert-OH is 1. The predicted octanol–water partition coefficient (Wildman–Crippen LogP) is 2.77. The summed E-state index contributed by atoms with van der Waals surface area (Å²) in [6.45, 7) is 0.979. The van der Waals surface area contributed by atoms with E-state index < -0.39 is 0 Å². The highest BCUT2D eigenvalue weighted by atomic mass is 16.3. The van der Waals surface area contributed by atoms with Gasteiger partial charge < -0.3 is 9.67 Å². The molecule has 0 radical (unpaired) electrons. The maximum Gasteiger partial charge on any atom is 0.0702 e. The molecule has 0 unspecified atom stereocenters. The molecule has 0 fully saturated rings. The Morgan fingerprint density at radius 1 is 1.11 bits per heavy atom. The molecule has 0 saturated heterocycles. The minimum atomic E-state index is 0.0837. The van der Waals surface area contributed by atoms with Gasteiger partial charge in [-0.25, -0.2) is 0 Å². The second kappa shape index (κ2) is 5.24. The van der Waals surface area contributed by atoms with Crippen LogP contribution in [0.15, 0.2) is 55.0 Å². The SMILES string of the molecule is OCc1cn(CCc2cccnc2)c2ccccc12. The average Bonchev–Trinajstić information content (AvgIpc) is 2.84. The molecule has 2 heterocycles. The van der Waals surface area contributed by atoms with Gasteiger partial charge in [-0.3, -0.25) is 4.98 Å². The standard InChI is InChI=1S/C16H16N2O/c19-12-14-11-18(16-6-2-1-5-15(14)16)9-7-13-4-3-8-17-10-13/h1-6,8,10-11,19H,7,9,12H2. The van der Waals surface area contributed by atoms with Gasteiger partial charge in [0.15, 0.2) is 0 Å². The van der Waals surface area contributed by atoms with Crippen molar-refractivity contribution in [3.8, 4) is 0 Å². The third kappa shape index (κ3) is 2.37. The minimum absolute atomic E-state index is 0.0837. The van der Waals surface area contributed by atoms with Crippen molar-refractivity contribution in [2.75, 3.05) is 0 Å². The Kier molecular flexibility index (Phi) is 3.29. The second-order valence-electron chi connectivity index (χ2n) is 4.63. The number of rotatable bonds is 4. The maximum atomic E-state index is 9.41. The summed E-state index contributed by atoms with van der Waals surface area (Å²) in [6, 6.07) is 12.2. The summed E-state index contributed by atoms with van der Waals surface area (Å²) in [5.41, 5.74) is 3.39. The number of aliphatic hydroxyl groups is 1. The topological polar surface area (TPSA) is 38.0 Å². The van der Waals surface area contributed by atoms with Crippen molar-refractivity contribution in [2.45, 2.75) is 19.6 Å². The van der Waals surface area contributed by atoms with E-state index in [1.165, 1.54) is 11.1 Å². The molecule has 0 aliphatic heterocycles. The van der Waals surface area contributed by atoms with Crippen LogP contribution in [0, 0.1) is 0 Å². The molecular formula is C16H16N2O. The summed E-state index contributed by atoms with van der Waals surface area (Å²) in [6.07, 6.45) is 6.68. The van der Waals surface area contributed by atoms with Crippen molar-refractivity contribution < 1.29 is 5.11 Å². The molecule has 19 heavy (non-hydrogen) atoms. The largest absolute Gasteiger partial charge is 0.392 e. The average molecular weight is 252 g/mol. The Bertz CT molecular complexity index is 674. The molecule has 3 heteroatoms. The summed E-state index contributed by atoms with van der Waals surface area (Å²) in [5.74, 6) is 0. The van der Waals surface area contributed by atoms with Gasteiger partial charge in [-0.05, 0) is 24.1 Å². The molecule has 0 saturated carbocycles. The number of fused-ring (bicyclic) bond motifs is 1. The number of benzene rings is 1. The normalized spacial score (nSPS) is 11.0. The van der Waals surface area contributed by atoms with Crippen LogP contribution in [-0.2, 0) is 19.6 Å². The summed E-state index contributed by atoms with van der Waals surface area (Å²) in [5, 5.41) is 10.5. The van der Waals surface area contributed by atoms with Crippen LogP contribution in [0.2, 0.25) is 0 Å². The number of aryl methyl sites for hydroxylation is 2. The Morgan fingerprint density at radius 2 is 2.00 bits per heavy atom. The molecule has 96 valence electrons. The molecule has 3 aromatic rings. The zero-order chi connectivity index (χ0) is 13.1. The highest BCUT2D eigenvalue weighted by molar-refractivity contribution is 5.83. The van der Waals surface area contributed by atoms with Gasteiger partial charge in [0.05, 0.1) is 6.61 Å². The van der Waals surface area contributed by atoms with Gasteiger partial charge in [0.1, 0.15) is 0 Å². The van der Waals surface area contributed by atoms with E-state index in [-0.39, 0.29) is 6.61 Å². The quantitative estimate of drug-likeness (QED) is 0.775. The first-order chi connectivity index (χ1) is 9.38. The molecule has 0 aliphatic carbocycles. The third-order valence-corrected chi connectivity index (χ3v) is 3.41. The van der Waals surface area contributed by atoms with Crippen LogP contribution in [0.4, 0.5) is 0 Å². The van der Waals surface area contributed by atoms with Crippen LogP contribution in [0.5, 0.6) is 0 Å². The monoisotopic (exact) mass is 252 g/mol. The number of aromatic nitrogens is 2. The fraction of sp³-hybridized carbons (Fsp3) is 0.188. The zero-order valence-electron chi connectivity index (χ0n) is 10.7. The van der Waals surface area contributed by atoms with Crippen molar-refractivity contribution in [3.63, 3.8) is 0 Å². The molecule has 0 bridgehead atoms. The van der Waals surface area contributed by atoms with E-state index in [2.05, 4.69) is 27.8 Å². The Morgan fingerprint density at radius 3 is 2.79 bits per heavy atom. The lowest BCUT2D eigenvalue weighted by Gasteiger charge is -2.05. The predicted molar refractivity (Wildman–Crippen MR) is 75.8 cm³/mol. The Hall–Kier alpha value is -2.13. The van der Waals surface area contributed by atoms with Gasteiger partial charge in [-0.2, -0.15) is 0 Å². The summed E-state index contributed by atoms with van der Waals surface area (Å²) in [4.78, 5) is 4.13. The molecule has 0 spiro atoms. The lowest BCUT2D eigenvalue weighted by molar-refractivity contribution is 0.283. The number of hydrogen-bond acceptors (Lipinski definition) is 2. The molecule has 0 atom stereocenters. The molecular weight excluding hydrogens is 236 g/mol. The van der Waals surface area contributed by atoms with Gasteiger partial charge in [0.2, 0.25) is 0 Å². The molecule has 3 nitrogen and oxygen atoms in total. The summed E-state index contributed by atoms with van der Waals surface area (Å²) in [7, 11) is 0. The smallest absolute Gasteiger partial charge is 0.0702 e. The molecule has 2 aromatic heterocycles. The first-order valence-corrected chi connectivity index (χ1v) is 6.45. The summed E-state index contributed by atoms with van der Waals surface area (Å²) >= 11 is 0. The molecule has 1 N–H and O–H groups in total. The fourth-order valence-electron chi connectivity index (χ4n) is 2.43.